The van der Waals surface area contributed by atoms with Gasteiger partial charge in [0.15, 0.2) is 5.71 Å². The van der Waals surface area contributed by atoms with Crippen molar-refractivity contribution in [3.8, 4) is 5.75 Å². The molecule has 0 aromatic heterocycles. The molecular weight excluding hydrogens is 954 g/mol. The van der Waals surface area contributed by atoms with Crippen LogP contribution in [0.3, 0.4) is 0 Å². The number of rotatable bonds is 20. The molecule has 16 nitrogen and oxygen atoms in total. The van der Waals surface area contributed by atoms with Crippen LogP contribution < -0.4 is 103 Å². The minimum Gasteiger partial charge on any atom is -0.744 e. The molecule has 2 N–H and O–H groups in total. The van der Waals surface area contributed by atoms with Crippen LogP contribution in [0.15, 0.2) is 95.6 Å². The maximum Gasteiger partial charge on any atom is 1.00 e. The van der Waals surface area contributed by atoms with Crippen LogP contribution in [0.4, 0.5) is 11.4 Å². The van der Waals surface area contributed by atoms with Gasteiger partial charge in [-0.25, -0.2) is 12.6 Å². The van der Waals surface area contributed by atoms with Gasteiger partial charge in [0.25, 0.3) is 0 Å². The molecule has 2 aliphatic heterocycles. The van der Waals surface area contributed by atoms with E-state index < -0.39 is 42.4 Å². The van der Waals surface area contributed by atoms with Gasteiger partial charge in [-0.3, -0.25) is 5.04 Å². The Bertz CT molecular complexity index is 2520. The third-order valence-electron chi connectivity index (χ3n) is 10.6. The van der Waals surface area contributed by atoms with Crippen LogP contribution in [0.5, 0.6) is 5.75 Å². The summed E-state index contributed by atoms with van der Waals surface area (Å²) in [7, 11) is -8.78. The number of hydrogen-bond acceptors (Lipinski definition) is 15. The molecule has 1 atom stereocenters. The molecule has 2 aliphatic rings. The fourth-order valence-electron chi connectivity index (χ4n) is 7.78. The van der Waals surface area contributed by atoms with Crippen molar-refractivity contribution in [2.24, 2.45) is 0 Å². The van der Waals surface area contributed by atoms with Crippen LogP contribution in [0.2, 0.25) is 0 Å². The number of nitrogens with zero attached hydrogens (tertiary/aromatic N) is 2. The summed E-state index contributed by atoms with van der Waals surface area (Å²) in [5.41, 5.74) is 6.06. The zero-order valence-corrected chi connectivity index (χ0v) is 47.0. The summed E-state index contributed by atoms with van der Waals surface area (Å²) in [4.78, 5) is 17.8. The molecule has 336 valence electrons. The number of unbranched alkanes of at least 4 members (excludes halogenated alkanes) is 1. The van der Waals surface area contributed by atoms with Crippen molar-refractivity contribution in [2.45, 2.75) is 82.4 Å². The first-order valence-corrected chi connectivity index (χ1v) is 24.4. The Morgan fingerprint density at radius 1 is 0.954 bits per heavy atom. The van der Waals surface area contributed by atoms with E-state index >= 15 is 0 Å². The van der Waals surface area contributed by atoms with E-state index in [1.54, 1.807) is 18.2 Å². The van der Waals surface area contributed by atoms with Crippen molar-refractivity contribution in [1.29, 1.82) is 0 Å². The van der Waals surface area contributed by atoms with Crippen LogP contribution >= 0.6 is 12.0 Å². The van der Waals surface area contributed by atoms with E-state index in [0.29, 0.717) is 30.0 Å². The molecule has 65 heavy (non-hydrogen) atoms. The largest absolute Gasteiger partial charge is 1.00 e. The van der Waals surface area contributed by atoms with Gasteiger partial charge in [0.1, 0.15) is 39.5 Å². The topological polar surface area (TPSA) is 246 Å². The first-order chi connectivity index (χ1) is 29.2. The van der Waals surface area contributed by atoms with Crippen molar-refractivity contribution in [3.63, 3.8) is 0 Å². The van der Waals surface area contributed by atoms with Gasteiger partial charge in [-0.05, 0) is 97.9 Å². The normalized spacial score (nSPS) is 16.0. The number of allylic oxidation sites excluding steroid dienone is 6. The molecule has 1 unspecified atom stereocenters. The van der Waals surface area contributed by atoms with Crippen molar-refractivity contribution < 1.29 is 156 Å². The van der Waals surface area contributed by atoms with Gasteiger partial charge in [0.2, 0.25) is 5.69 Å². The third kappa shape index (κ3) is 16.7. The summed E-state index contributed by atoms with van der Waals surface area (Å²) in [6, 6.07) is 17.4. The molecule has 5 rings (SSSR count). The van der Waals surface area contributed by atoms with E-state index in [4.69, 9.17) is 18.3 Å². The quantitative estimate of drug-likeness (QED) is 0.00999. The van der Waals surface area contributed by atoms with Gasteiger partial charge >= 0.3 is 105 Å². The van der Waals surface area contributed by atoms with Crippen molar-refractivity contribution in [2.75, 3.05) is 29.5 Å². The fraction of sp³-hybridized carbons (Fsp3) is 0.381. The zero-order valence-electron chi connectivity index (χ0n) is 37.8. The van der Waals surface area contributed by atoms with E-state index in [9.17, 15) is 35.4 Å². The summed E-state index contributed by atoms with van der Waals surface area (Å²) < 4.78 is 102. The minimum atomic E-state index is -4.77. The number of hydrogen-bond donors (Lipinski definition) is 0. The van der Waals surface area contributed by atoms with Crippen LogP contribution in [-0.2, 0) is 67.8 Å². The number of benzene rings is 3. The number of fused-ring (bicyclic) bond motifs is 2. The molecule has 0 bridgehead atoms. The second-order valence-electron chi connectivity index (χ2n) is 15.4. The summed E-state index contributed by atoms with van der Waals surface area (Å²) >= 11 is -1.87. The van der Waals surface area contributed by atoms with Crippen molar-refractivity contribution in [3.05, 3.63) is 113 Å². The summed E-state index contributed by atoms with van der Waals surface area (Å²) in [6.07, 6.45) is 11.7. The molecule has 0 fully saturated rings. The summed E-state index contributed by atoms with van der Waals surface area (Å²) in [5, 5.41) is 13.9. The summed E-state index contributed by atoms with van der Waals surface area (Å²) in [6.45, 7) is 10.8. The maximum atomic E-state index is 12.1. The van der Waals surface area contributed by atoms with Crippen LogP contribution in [-0.4, -0.2) is 75.7 Å². The zero-order chi connectivity index (χ0) is 45.9. The summed E-state index contributed by atoms with van der Waals surface area (Å²) in [5.74, 6) is 0.256. The molecule has 0 aliphatic carbocycles. The first-order valence-electron chi connectivity index (χ1n) is 19.4. The molecule has 3 aromatic rings. The molecule has 0 saturated carbocycles. The Kier molecular flexibility index (Phi) is 26.4. The second-order valence-corrected chi connectivity index (χ2v) is 19.7. The average molecular weight is 1000 g/mol. The molecule has 0 amide bonds. The van der Waals surface area contributed by atoms with Gasteiger partial charge < -0.3 is 28.0 Å². The third-order valence-corrected chi connectivity index (χ3v) is 13.2. The van der Waals surface area contributed by atoms with Gasteiger partial charge in [0.05, 0.1) is 10.3 Å². The molecular formula is C42H49N2Na3O14S4+2. The number of anilines is 1. The Hall–Kier alpha value is -1.31. The van der Waals surface area contributed by atoms with E-state index in [0.717, 1.165) is 70.7 Å². The predicted molar refractivity (Wildman–Crippen MR) is 230 cm³/mol. The van der Waals surface area contributed by atoms with E-state index in [1.165, 1.54) is 12.1 Å². The monoisotopic (exact) mass is 1000 g/mol. The first kappa shape index (κ1) is 61.7. The minimum absolute atomic E-state index is 0. The average Bonchev–Trinajstić information content (AvgIpc) is 3.53. The Morgan fingerprint density at radius 2 is 1.63 bits per heavy atom. The van der Waals surface area contributed by atoms with Crippen LogP contribution in [0.1, 0.15) is 82.6 Å². The standard InChI is InChI=1S/C41H50N2O12S4.CO2.3Na/c1-6-7-12-29-13-8-9-14-33(29)30(15-21-38-40(2,3)34-27-31(53-57(45)46)17-19-36(34)42(38)23-10-25-56-55-54-44)16-22-39-41(4,5)35-28-32(59(50,51)52)18-20-37(35)43(39)24-11-26-58(47,48)49;2-1-3;;;/h8-9,13-22,27-28H,6-7,10-12,23-26H2,1-5H3,(H3-,44,45,46,47,48,49,50,51,52);;;;/q;;3*+1/p-1. The molecule has 0 saturated heterocycles. The number of aryl methyl sites for hydroxylation is 1. The molecule has 3 aromatic carbocycles. The molecule has 0 radical (unpaired) electrons. The molecule has 2 heterocycles. The fourth-order valence-corrected chi connectivity index (χ4v) is 9.41. The van der Waals surface area contributed by atoms with Gasteiger partial charge in [0, 0.05) is 65.3 Å². The molecule has 23 heteroatoms. The van der Waals surface area contributed by atoms with Gasteiger partial charge in [-0.1, -0.05) is 57.5 Å². The SMILES string of the molecule is CCCCc1ccccc1C(C=CC1=[N+](CCCSOO[O-])c2ccc(OS(=O)[O-])cc2C1(C)C)=CC=C1N(CCCS(=O)(=O)[OH2+])c2ccc(S(=O)(=O)[O-])cc2C1(C)C.O=C=O.[Na+].[Na+].[Na+]. The van der Waals surface area contributed by atoms with Crippen molar-refractivity contribution >= 4 is 72.5 Å². The molecule has 0 spiro atoms. The Balaban J connectivity index is 0.00000342. The smallest absolute Gasteiger partial charge is 0.744 e. The van der Waals surface area contributed by atoms with E-state index in [1.807, 2.05) is 75.1 Å². The van der Waals surface area contributed by atoms with Crippen molar-refractivity contribution in [1.82, 2.24) is 0 Å². The van der Waals surface area contributed by atoms with E-state index in [-0.39, 0.29) is 124 Å². The van der Waals surface area contributed by atoms with Gasteiger partial charge in [-0.15, -0.1) is 0 Å². The Labute approximate surface area is 454 Å². The second kappa shape index (κ2) is 27.8. The maximum absolute atomic E-state index is 12.1. The van der Waals surface area contributed by atoms with Gasteiger partial charge in [-0.2, -0.15) is 26.9 Å². The van der Waals surface area contributed by atoms with E-state index in [2.05, 4.69) is 33.0 Å². The van der Waals surface area contributed by atoms with Crippen LogP contribution in [0, 0.1) is 0 Å². The number of carbonyl (C=O) groups excluding carboxylic acids is 2. The Morgan fingerprint density at radius 3 is 2.25 bits per heavy atom. The predicted octanol–water partition coefficient (Wildman–Crippen LogP) is -4.06. The van der Waals surface area contributed by atoms with Crippen LogP contribution in [0.25, 0.3) is 5.57 Å².